The Balaban J connectivity index is 3.14. The molecule has 0 N–H and O–H groups in total. The van der Waals surface area contributed by atoms with E-state index in [9.17, 15) is 0 Å². The zero-order valence-corrected chi connectivity index (χ0v) is 5.75. The Morgan fingerprint density at radius 3 is 2.25 bits per heavy atom. The number of aromatic nitrogens is 1. The van der Waals surface area contributed by atoms with Crippen molar-refractivity contribution in [1.29, 1.82) is 0 Å². The Labute approximate surface area is 54.2 Å². The molecule has 0 aromatic carbocycles. The highest BCUT2D eigenvalue weighted by atomic mass is 32.1. The van der Waals surface area contributed by atoms with Gasteiger partial charge in [-0.2, -0.15) is 0 Å². The minimum atomic E-state index is 0.674. The average molecular weight is 123 g/mol. The van der Waals surface area contributed by atoms with Crippen molar-refractivity contribution in [1.82, 2.24) is 4.98 Å². The summed E-state index contributed by atoms with van der Waals surface area (Å²) in [5.74, 6) is 0. The molecule has 1 rings (SSSR count). The number of nitrogens with zero attached hydrogens (tertiary/aromatic N) is 1. The van der Waals surface area contributed by atoms with E-state index < -0.39 is 0 Å². The molecule has 0 spiro atoms. The fourth-order valence-corrected chi connectivity index (χ4v) is 1.28. The molecule has 0 atom stereocenters. The molecule has 40 valence electrons. The first-order valence-corrected chi connectivity index (χ1v) is 3.21. The highest BCUT2D eigenvalue weighted by molar-refractivity contribution is 7.12. The Hall–Kier alpha value is -0.305. The second-order valence-electron chi connectivity index (χ2n) is 1.67. The first kappa shape index (κ1) is 5.82. The summed E-state index contributed by atoms with van der Waals surface area (Å²) in [6, 6.07) is 0. The molecule has 1 aromatic rings. The summed E-state index contributed by atoms with van der Waals surface area (Å²) in [5, 5.41) is 1.04. The smallest absolute Gasteiger partial charge is 0.143 e. The van der Waals surface area contributed by atoms with Gasteiger partial charge < -0.3 is 0 Å². The summed E-state index contributed by atoms with van der Waals surface area (Å²) >= 11 is 1.63. The molecular weight excluding hydrogens is 117 g/mol. The molecule has 0 aliphatic rings. The highest BCUT2D eigenvalue weighted by Crippen LogP contribution is 2.05. The van der Waals surface area contributed by atoms with Gasteiger partial charge in [0.25, 0.3) is 0 Å². The van der Waals surface area contributed by atoms with E-state index in [2.05, 4.69) is 4.98 Å². The van der Waals surface area contributed by atoms with Crippen molar-refractivity contribution in [3.8, 4) is 0 Å². The zero-order valence-electron chi connectivity index (χ0n) is 4.93. The van der Waals surface area contributed by atoms with Crippen molar-refractivity contribution in [2.75, 3.05) is 0 Å². The Kier molecular flexibility index (Phi) is 1.38. The van der Waals surface area contributed by atoms with Crippen LogP contribution in [0, 0.1) is 13.8 Å². The van der Waals surface area contributed by atoms with Crippen LogP contribution in [0.25, 0.3) is 0 Å². The minimum absolute atomic E-state index is 0.674. The summed E-state index contributed by atoms with van der Waals surface area (Å²) in [6.07, 6.45) is 0. The molecule has 8 heavy (non-hydrogen) atoms. The maximum absolute atomic E-state index is 5.44. The minimum Gasteiger partial charge on any atom is -0.258 e. The van der Waals surface area contributed by atoms with Crippen LogP contribution in [0.4, 0.5) is 0 Å². The van der Waals surface area contributed by atoms with E-state index >= 15 is 0 Å². The van der Waals surface area contributed by atoms with Gasteiger partial charge in [-0.05, 0) is 13.8 Å². The molecule has 0 saturated heterocycles. The van der Waals surface area contributed by atoms with Gasteiger partial charge in [0.15, 0.2) is 0 Å². The van der Waals surface area contributed by atoms with Crippen molar-refractivity contribution in [2.24, 2.45) is 0 Å². The molecule has 0 fully saturated rings. The molecule has 0 bridgehead atoms. The lowest BCUT2D eigenvalue weighted by molar-refractivity contribution is 1.33. The van der Waals surface area contributed by atoms with E-state index in [4.69, 9.17) is 7.85 Å². The summed E-state index contributed by atoms with van der Waals surface area (Å²) in [7, 11) is 5.44. The van der Waals surface area contributed by atoms with Crippen LogP contribution in [-0.2, 0) is 0 Å². The quantitative estimate of drug-likeness (QED) is 0.459. The van der Waals surface area contributed by atoms with E-state index in [-0.39, 0.29) is 0 Å². The van der Waals surface area contributed by atoms with E-state index in [1.54, 1.807) is 11.3 Å². The average Bonchev–Trinajstić information content (AvgIpc) is 1.85. The van der Waals surface area contributed by atoms with E-state index in [1.807, 2.05) is 13.8 Å². The highest BCUT2D eigenvalue weighted by Gasteiger charge is 1.95. The third kappa shape index (κ3) is 0.918. The van der Waals surface area contributed by atoms with Crippen LogP contribution in [-0.4, -0.2) is 12.8 Å². The maximum atomic E-state index is 5.44. The molecule has 3 heteroatoms. The SMILES string of the molecule is [B]c1nc(C)sc1C. The van der Waals surface area contributed by atoms with Gasteiger partial charge in [-0.3, -0.25) is 4.98 Å². The molecule has 1 nitrogen and oxygen atoms in total. The molecule has 0 aliphatic carbocycles. The number of thiazole rings is 1. The van der Waals surface area contributed by atoms with Crippen LogP contribution in [0.1, 0.15) is 9.88 Å². The fraction of sp³-hybridized carbons (Fsp3) is 0.400. The predicted molar refractivity (Wildman–Crippen MR) is 37.0 cm³/mol. The Bertz CT molecular complexity index is 175. The van der Waals surface area contributed by atoms with Crippen LogP contribution >= 0.6 is 11.3 Å². The first-order chi connectivity index (χ1) is 3.70. The van der Waals surface area contributed by atoms with Gasteiger partial charge in [0.05, 0.1) is 5.01 Å². The molecular formula is C5H6BNS. The molecule has 2 radical (unpaired) electrons. The van der Waals surface area contributed by atoms with E-state index in [1.165, 1.54) is 0 Å². The molecule has 1 aromatic heterocycles. The van der Waals surface area contributed by atoms with Crippen LogP contribution in [0.15, 0.2) is 0 Å². The van der Waals surface area contributed by atoms with Crippen LogP contribution in [0.5, 0.6) is 0 Å². The molecule has 0 amide bonds. The van der Waals surface area contributed by atoms with Gasteiger partial charge in [-0.1, -0.05) is 0 Å². The molecule has 0 aliphatic heterocycles. The van der Waals surface area contributed by atoms with Crippen molar-refractivity contribution in [2.45, 2.75) is 13.8 Å². The molecule has 0 unspecified atom stereocenters. The largest absolute Gasteiger partial charge is 0.258 e. The number of rotatable bonds is 0. The van der Waals surface area contributed by atoms with Gasteiger partial charge in [0.2, 0.25) is 0 Å². The van der Waals surface area contributed by atoms with Crippen molar-refractivity contribution < 1.29 is 0 Å². The third-order valence-electron chi connectivity index (χ3n) is 0.939. The normalized spacial score (nSPS) is 9.75. The first-order valence-electron chi connectivity index (χ1n) is 2.39. The van der Waals surface area contributed by atoms with Gasteiger partial charge in [-0.25, -0.2) is 0 Å². The lowest BCUT2D eigenvalue weighted by Crippen LogP contribution is -2.05. The third-order valence-corrected chi connectivity index (χ3v) is 1.84. The van der Waals surface area contributed by atoms with E-state index in [0.29, 0.717) is 5.59 Å². The van der Waals surface area contributed by atoms with E-state index in [0.717, 1.165) is 9.88 Å². The van der Waals surface area contributed by atoms with Crippen LogP contribution in [0.3, 0.4) is 0 Å². The Morgan fingerprint density at radius 1 is 1.50 bits per heavy atom. The van der Waals surface area contributed by atoms with Crippen molar-refractivity contribution >= 4 is 24.8 Å². The zero-order chi connectivity index (χ0) is 6.15. The Morgan fingerprint density at radius 2 is 2.12 bits per heavy atom. The monoisotopic (exact) mass is 123 g/mol. The fourth-order valence-electron chi connectivity index (χ4n) is 0.545. The second-order valence-corrected chi connectivity index (χ2v) is 3.08. The van der Waals surface area contributed by atoms with Crippen molar-refractivity contribution in [3.63, 3.8) is 0 Å². The van der Waals surface area contributed by atoms with Crippen molar-refractivity contribution in [3.05, 3.63) is 9.88 Å². The number of hydrogen-bond donors (Lipinski definition) is 0. The lowest BCUT2D eigenvalue weighted by atomic mass is 10.0. The second kappa shape index (κ2) is 1.90. The summed E-state index contributed by atoms with van der Waals surface area (Å²) < 4.78 is 0. The standard InChI is InChI=1S/C5H6BNS/c1-3-5(6)7-4(2)8-3/h1-2H3. The summed E-state index contributed by atoms with van der Waals surface area (Å²) in [5.41, 5.74) is 0.674. The number of hydrogen-bond acceptors (Lipinski definition) is 2. The van der Waals surface area contributed by atoms with Gasteiger partial charge in [0.1, 0.15) is 7.85 Å². The molecule has 0 saturated carbocycles. The topological polar surface area (TPSA) is 12.9 Å². The maximum Gasteiger partial charge on any atom is 0.143 e. The summed E-state index contributed by atoms with van der Waals surface area (Å²) in [6.45, 7) is 3.92. The molecule has 1 heterocycles. The number of aryl methyl sites for hydroxylation is 2. The van der Waals surface area contributed by atoms with Crippen LogP contribution in [0.2, 0.25) is 0 Å². The summed E-state index contributed by atoms with van der Waals surface area (Å²) in [4.78, 5) is 5.12. The van der Waals surface area contributed by atoms with Gasteiger partial charge in [-0.15, -0.1) is 11.3 Å². The van der Waals surface area contributed by atoms with Crippen LogP contribution < -0.4 is 5.59 Å². The predicted octanol–water partition coefficient (Wildman–Crippen LogP) is 0.554. The van der Waals surface area contributed by atoms with Gasteiger partial charge >= 0.3 is 0 Å². The lowest BCUT2D eigenvalue weighted by Gasteiger charge is -1.78. The van der Waals surface area contributed by atoms with Gasteiger partial charge in [0, 0.05) is 10.5 Å².